The van der Waals surface area contributed by atoms with Crippen LogP contribution in [0.15, 0.2) is 65.5 Å². The van der Waals surface area contributed by atoms with Crippen LogP contribution in [0, 0.1) is 0 Å². The number of carboxylic acids is 1. The van der Waals surface area contributed by atoms with Crippen LogP contribution in [0.5, 0.6) is 5.75 Å². The quantitative estimate of drug-likeness (QED) is 0.314. The van der Waals surface area contributed by atoms with Gasteiger partial charge in [-0.25, -0.2) is 9.78 Å². The third kappa shape index (κ3) is 5.76. The second kappa shape index (κ2) is 11.7. The summed E-state index contributed by atoms with van der Waals surface area (Å²) in [5.41, 5.74) is 3.01. The summed E-state index contributed by atoms with van der Waals surface area (Å²) in [5, 5.41) is 21.3. The van der Waals surface area contributed by atoms with E-state index in [0.29, 0.717) is 15.9 Å². The lowest BCUT2D eigenvalue weighted by atomic mass is 9.98. The fourth-order valence-electron chi connectivity index (χ4n) is 3.78. The highest BCUT2D eigenvalue weighted by molar-refractivity contribution is 6.30. The van der Waals surface area contributed by atoms with Crippen molar-refractivity contribution in [2.24, 2.45) is 0 Å². The molecule has 0 unspecified atom stereocenters. The molecule has 0 spiro atoms. The van der Waals surface area contributed by atoms with E-state index in [-0.39, 0.29) is 23.4 Å². The summed E-state index contributed by atoms with van der Waals surface area (Å²) < 4.78 is 5.15. The maximum absolute atomic E-state index is 11.9. The van der Waals surface area contributed by atoms with Crippen LogP contribution in [-0.4, -0.2) is 45.7 Å². The number of benzene rings is 2. The van der Waals surface area contributed by atoms with Crippen LogP contribution in [0.3, 0.4) is 0 Å². The van der Waals surface area contributed by atoms with Crippen molar-refractivity contribution < 1.29 is 19.4 Å². The van der Waals surface area contributed by atoms with E-state index < -0.39 is 5.97 Å². The van der Waals surface area contributed by atoms with Gasteiger partial charge in [-0.05, 0) is 43.4 Å². The van der Waals surface area contributed by atoms with Crippen molar-refractivity contribution in [1.82, 2.24) is 9.88 Å². The molecule has 0 saturated heterocycles. The molecular formula is C27H29ClN2O4. The number of aromatic carboxylic acids is 1. The predicted octanol–water partition coefficient (Wildman–Crippen LogP) is 6.49. The molecule has 2 aromatic heterocycles. The molecular weight excluding hydrogens is 452 g/mol. The summed E-state index contributed by atoms with van der Waals surface area (Å²) in [6.45, 7) is 10.1. The Morgan fingerprint density at radius 3 is 2.24 bits per heavy atom. The van der Waals surface area contributed by atoms with Crippen LogP contribution in [-0.2, 0) is 6.42 Å². The topological polar surface area (TPSA) is 86.8 Å². The van der Waals surface area contributed by atoms with Crippen molar-refractivity contribution >= 4 is 28.5 Å². The van der Waals surface area contributed by atoms with Crippen molar-refractivity contribution in [3.8, 4) is 16.9 Å². The molecule has 0 saturated carbocycles. The Labute approximate surface area is 204 Å². The van der Waals surface area contributed by atoms with E-state index in [0.717, 1.165) is 16.7 Å². The summed E-state index contributed by atoms with van der Waals surface area (Å²) in [6.07, 6.45) is 3.39. The molecule has 0 radical (unpaired) electrons. The van der Waals surface area contributed by atoms with Crippen LogP contribution in [0.25, 0.3) is 22.0 Å². The number of fused-ring (bicyclic) bond motifs is 1. The molecule has 7 heteroatoms. The first-order chi connectivity index (χ1) is 16.4. The standard InChI is InChI=1S/C21H14ClNO4.C6H15N/c22-14-6-4-12(5-7-14)10-17-20(24)18(21(25)26)16-3-1-2-15(19(16)23-17)13-8-9-27-11-13;1-4-7(5-2)6-3/h1-9,11,24H,10H2,(H,25,26);4-6H2,1-3H3. The molecule has 6 nitrogen and oxygen atoms in total. The molecule has 2 heterocycles. The van der Waals surface area contributed by atoms with Gasteiger partial charge in [0.1, 0.15) is 5.56 Å². The van der Waals surface area contributed by atoms with Crippen LogP contribution in [0.4, 0.5) is 0 Å². The number of carboxylic acid groups (broad SMARTS) is 1. The van der Waals surface area contributed by atoms with Gasteiger partial charge in [0.15, 0.2) is 5.75 Å². The number of hydrogen-bond acceptors (Lipinski definition) is 5. The summed E-state index contributed by atoms with van der Waals surface area (Å²) in [5.74, 6) is -1.53. The molecule has 0 fully saturated rings. The Kier molecular flexibility index (Phi) is 8.68. The maximum Gasteiger partial charge on any atom is 0.340 e. The van der Waals surface area contributed by atoms with Crippen LogP contribution < -0.4 is 0 Å². The van der Waals surface area contributed by atoms with E-state index >= 15 is 0 Å². The van der Waals surface area contributed by atoms with Crippen molar-refractivity contribution in [1.29, 1.82) is 0 Å². The molecule has 0 aliphatic heterocycles. The number of rotatable bonds is 7. The maximum atomic E-state index is 11.9. The molecule has 0 amide bonds. The average Bonchev–Trinajstić information content (AvgIpc) is 3.37. The number of pyridine rings is 1. The number of aromatic nitrogens is 1. The Bertz CT molecular complexity index is 1230. The zero-order valence-electron chi connectivity index (χ0n) is 19.6. The van der Waals surface area contributed by atoms with Gasteiger partial charge in [-0.1, -0.05) is 62.7 Å². The molecule has 34 heavy (non-hydrogen) atoms. The van der Waals surface area contributed by atoms with Gasteiger partial charge in [-0.3, -0.25) is 0 Å². The van der Waals surface area contributed by atoms with E-state index in [2.05, 4.69) is 30.7 Å². The number of para-hydroxylation sites is 1. The highest BCUT2D eigenvalue weighted by atomic mass is 35.5. The Balaban J connectivity index is 0.000000406. The minimum Gasteiger partial charge on any atom is -0.505 e. The van der Waals surface area contributed by atoms with E-state index in [1.54, 1.807) is 42.9 Å². The number of aromatic hydroxyl groups is 1. The van der Waals surface area contributed by atoms with Gasteiger partial charge in [-0.15, -0.1) is 0 Å². The summed E-state index contributed by atoms with van der Waals surface area (Å²) in [4.78, 5) is 18.8. The number of furan rings is 1. The molecule has 0 aliphatic carbocycles. The number of nitrogens with zero attached hydrogens (tertiary/aromatic N) is 2. The number of halogens is 1. The van der Waals surface area contributed by atoms with Crippen molar-refractivity contribution in [3.05, 3.63) is 82.9 Å². The normalized spacial score (nSPS) is 10.9. The van der Waals surface area contributed by atoms with Gasteiger partial charge in [0, 0.05) is 28.0 Å². The van der Waals surface area contributed by atoms with Gasteiger partial charge >= 0.3 is 5.97 Å². The molecule has 4 rings (SSSR count). The molecule has 0 atom stereocenters. The summed E-state index contributed by atoms with van der Waals surface area (Å²) in [7, 11) is 0. The Morgan fingerprint density at radius 1 is 1.03 bits per heavy atom. The van der Waals surface area contributed by atoms with Crippen LogP contribution >= 0.6 is 11.6 Å². The van der Waals surface area contributed by atoms with Crippen LogP contribution in [0.1, 0.15) is 42.4 Å². The van der Waals surface area contributed by atoms with Crippen LogP contribution in [0.2, 0.25) is 5.02 Å². The lowest BCUT2D eigenvalue weighted by Gasteiger charge is -2.13. The molecule has 0 bridgehead atoms. The Morgan fingerprint density at radius 2 is 1.71 bits per heavy atom. The summed E-state index contributed by atoms with van der Waals surface area (Å²) in [6, 6.07) is 14.1. The van der Waals surface area contributed by atoms with E-state index in [9.17, 15) is 15.0 Å². The second-order valence-corrected chi connectivity index (χ2v) is 8.16. The lowest BCUT2D eigenvalue weighted by molar-refractivity contribution is 0.0695. The SMILES string of the molecule is CCN(CC)CC.O=C(O)c1c(O)c(Cc2ccc(Cl)cc2)nc2c(-c3ccoc3)cccc12. The lowest BCUT2D eigenvalue weighted by Crippen LogP contribution is -2.21. The molecule has 0 aliphatic rings. The van der Waals surface area contributed by atoms with E-state index in [4.69, 9.17) is 16.0 Å². The highest BCUT2D eigenvalue weighted by Crippen LogP contribution is 2.35. The second-order valence-electron chi connectivity index (χ2n) is 7.72. The number of hydrogen-bond donors (Lipinski definition) is 2. The minimum atomic E-state index is -1.21. The molecule has 4 aromatic rings. The first kappa shape index (κ1) is 25.3. The van der Waals surface area contributed by atoms with Crippen molar-refractivity contribution in [2.45, 2.75) is 27.2 Å². The zero-order valence-corrected chi connectivity index (χ0v) is 20.3. The zero-order chi connectivity index (χ0) is 24.7. The van der Waals surface area contributed by atoms with Crippen molar-refractivity contribution in [2.75, 3.05) is 19.6 Å². The van der Waals surface area contributed by atoms with E-state index in [1.807, 2.05) is 18.2 Å². The molecule has 2 aromatic carbocycles. The third-order valence-electron chi connectivity index (χ3n) is 5.73. The van der Waals surface area contributed by atoms with Gasteiger partial charge in [-0.2, -0.15) is 0 Å². The predicted molar refractivity (Wildman–Crippen MR) is 136 cm³/mol. The van der Waals surface area contributed by atoms with Gasteiger partial charge in [0.25, 0.3) is 0 Å². The molecule has 2 N–H and O–H groups in total. The van der Waals surface area contributed by atoms with Gasteiger partial charge in [0.2, 0.25) is 0 Å². The van der Waals surface area contributed by atoms with Gasteiger partial charge in [0.05, 0.1) is 23.7 Å². The van der Waals surface area contributed by atoms with Crippen molar-refractivity contribution in [3.63, 3.8) is 0 Å². The first-order valence-electron chi connectivity index (χ1n) is 11.3. The van der Waals surface area contributed by atoms with E-state index in [1.165, 1.54) is 19.6 Å². The minimum absolute atomic E-state index is 0.158. The third-order valence-corrected chi connectivity index (χ3v) is 5.99. The van der Waals surface area contributed by atoms with Gasteiger partial charge < -0.3 is 19.5 Å². The molecule has 178 valence electrons. The highest BCUT2D eigenvalue weighted by Gasteiger charge is 2.22. The number of carbonyl (C=O) groups is 1. The fraction of sp³-hybridized carbons (Fsp3) is 0.259. The Hall–Kier alpha value is -3.35. The first-order valence-corrected chi connectivity index (χ1v) is 11.6. The largest absolute Gasteiger partial charge is 0.505 e. The fourth-order valence-corrected chi connectivity index (χ4v) is 3.91. The summed E-state index contributed by atoms with van der Waals surface area (Å²) >= 11 is 5.92. The smallest absolute Gasteiger partial charge is 0.340 e. The average molecular weight is 481 g/mol. The monoisotopic (exact) mass is 480 g/mol.